The molecule has 1 aromatic carbocycles. The normalized spacial score (nSPS) is 5.00. The molecule has 2 heteroatoms. The van der Waals surface area contributed by atoms with Gasteiger partial charge in [-0.25, -0.2) is 0 Å². The number of benzene rings is 1. The van der Waals surface area contributed by atoms with Crippen molar-refractivity contribution in [2.24, 2.45) is 0 Å². The van der Waals surface area contributed by atoms with Crippen molar-refractivity contribution in [3.8, 4) is 6.42 Å². The minimum absolute atomic E-state index is 0. The van der Waals surface area contributed by atoms with E-state index in [1.807, 2.05) is 30.3 Å². The second-order valence-corrected chi connectivity index (χ2v) is 1.08. The smallest absolute Gasteiger partial charge is 0.697 e. The Kier molecular flexibility index (Phi) is 26.3. The van der Waals surface area contributed by atoms with E-state index < -0.39 is 0 Å². The molecule has 0 aliphatic heterocycles. The minimum Gasteiger partial charge on any atom is -0.697 e. The first-order valence-corrected chi connectivity index (χ1v) is 2.20. The van der Waals surface area contributed by atoms with Gasteiger partial charge in [0, 0.05) is 0 Å². The van der Waals surface area contributed by atoms with Crippen LogP contribution >= 0.6 is 0 Å². The third-order valence-electron chi connectivity index (χ3n) is 0.607. The zero-order valence-electron chi connectivity index (χ0n) is 5.77. The summed E-state index contributed by atoms with van der Waals surface area (Å²) in [7, 11) is 0. The maximum absolute atomic E-state index is 5.25. The van der Waals surface area contributed by atoms with Crippen molar-refractivity contribution >= 4 is 0 Å². The van der Waals surface area contributed by atoms with E-state index in [0.29, 0.717) is 0 Å². The van der Waals surface area contributed by atoms with E-state index in [2.05, 4.69) is 12.5 Å². The van der Waals surface area contributed by atoms with E-state index in [4.69, 9.17) is 6.42 Å². The SMILES string of the molecule is [C-]#C.[Cu+].[Li+].[c-]1ccccc1. The molecule has 0 aliphatic rings. The summed E-state index contributed by atoms with van der Waals surface area (Å²) in [6, 6.07) is 12.5. The first-order valence-electron chi connectivity index (χ1n) is 2.20. The molecule has 0 bridgehead atoms. The second-order valence-electron chi connectivity index (χ2n) is 1.08. The monoisotopic (exact) mass is 172 g/mol. The maximum atomic E-state index is 5.25. The summed E-state index contributed by atoms with van der Waals surface area (Å²) in [4.78, 5) is 0. The van der Waals surface area contributed by atoms with Crippen LogP contribution in [0.25, 0.3) is 0 Å². The van der Waals surface area contributed by atoms with Gasteiger partial charge in [0.05, 0.1) is 0 Å². The average Bonchev–Trinajstić information content (AvgIpc) is 1.96. The number of terminal acetylenes is 1. The number of hydrogen-bond donors (Lipinski definition) is 0. The minimum atomic E-state index is 0. The summed E-state index contributed by atoms with van der Waals surface area (Å²) in [5.41, 5.74) is 0. The first-order chi connectivity index (χ1) is 4.00. The van der Waals surface area contributed by atoms with Crippen molar-refractivity contribution in [1.29, 1.82) is 0 Å². The van der Waals surface area contributed by atoms with Crippen LogP contribution in [-0.4, -0.2) is 0 Å². The van der Waals surface area contributed by atoms with Gasteiger partial charge >= 0.3 is 35.9 Å². The molecule has 10 heavy (non-hydrogen) atoms. The Balaban J connectivity index is -0.000000114. The fourth-order valence-corrected chi connectivity index (χ4v) is 0.342. The zero-order chi connectivity index (χ0) is 6.24. The van der Waals surface area contributed by atoms with Crippen LogP contribution in [-0.2, 0) is 17.1 Å². The fourth-order valence-electron chi connectivity index (χ4n) is 0.342. The van der Waals surface area contributed by atoms with Crippen LogP contribution in [0.15, 0.2) is 30.3 Å². The van der Waals surface area contributed by atoms with Crippen molar-refractivity contribution < 1.29 is 35.9 Å². The third kappa shape index (κ3) is 10.8. The second kappa shape index (κ2) is 16.0. The molecule has 0 amide bonds. The summed E-state index contributed by atoms with van der Waals surface area (Å²) in [6.07, 6.45) is 9.00. The Bertz CT molecular complexity index is 110. The summed E-state index contributed by atoms with van der Waals surface area (Å²) in [5.74, 6) is 0. The number of rotatable bonds is 0. The predicted molar refractivity (Wildman–Crippen MR) is 33.5 cm³/mol. The topological polar surface area (TPSA) is 0 Å². The van der Waals surface area contributed by atoms with E-state index in [1.165, 1.54) is 0 Å². The third-order valence-corrected chi connectivity index (χ3v) is 0.607. The zero-order valence-corrected chi connectivity index (χ0v) is 6.71. The van der Waals surface area contributed by atoms with Gasteiger partial charge in [-0.3, -0.25) is 0 Å². The van der Waals surface area contributed by atoms with Crippen molar-refractivity contribution in [1.82, 2.24) is 0 Å². The Morgan fingerprint density at radius 1 is 1.00 bits per heavy atom. The predicted octanol–water partition coefficient (Wildman–Crippen LogP) is -1.31. The van der Waals surface area contributed by atoms with Gasteiger partial charge in [-0.1, -0.05) is 0 Å². The van der Waals surface area contributed by atoms with Crippen LogP contribution in [0, 0.1) is 18.9 Å². The average molecular weight is 173 g/mol. The largest absolute Gasteiger partial charge is 1.00 e. The van der Waals surface area contributed by atoms with Crippen molar-refractivity contribution in [3.63, 3.8) is 0 Å². The van der Waals surface area contributed by atoms with Gasteiger partial charge in [-0.15, -0.1) is 0 Å². The standard InChI is InChI=1S/C6H5.C2H.Cu.Li/c1-2-4-6-5-3-1;1-2;;/h1-5H;1H;;/q2*-1;2*+1. The molecule has 0 heterocycles. The summed E-state index contributed by atoms with van der Waals surface area (Å²) in [6.45, 7) is 0. The van der Waals surface area contributed by atoms with Gasteiger partial charge in [-0.05, 0) is 0 Å². The quantitative estimate of drug-likeness (QED) is 0.259. The molecule has 0 saturated heterocycles. The molecular formula is C8H6CuLi. The van der Waals surface area contributed by atoms with Crippen LogP contribution in [0.3, 0.4) is 0 Å². The molecule has 50 valence electrons. The fraction of sp³-hybridized carbons (Fsp3) is 0. The Labute approximate surface area is 85.1 Å². The summed E-state index contributed by atoms with van der Waals surface area (Å²) in [5, 5.41) is 0. The van der Waals surface area contributed by atoms with E-state index in [1.54, 1.807) is 0 Å². The molecule has 0 spiro atoms. The van der Waals surface area contributed by atoms with Crippen LogP contribution in [0.2, 0.25) is 0 Å². The van der Waals surface area contributed by atoms with Gasteiger partial charge in [0.25, 0.3) is 0 Å². The van der Waals surface area contributed by atoms with E-state index in [-0.39, 0.29) is 35.9 Å². The molecule has 0 unspecified atom stereocenters. The number of hydrogen-bond acceptors (Lipinski definition) is 0. The molecule has 0 radical (unpaired) electrons. The molecule has 0 aromatic heterocycles. The Morgan fingerprint density at radius 2 is 1.40 bits per heavy atom. The van der Waals surface area contributed by atoms with Gasteiger partial charge in [-0.2, -0.15) is 36.4 Å². The van der Waals surface area contributed by atoms with Gasteiger partial charge in [0.15, 0.2) is 0 Å². The summed E-state index contributed by atoms with van der Waals surface area (Å²) < 4.78 is 0. The Hall–Kier alpha value is -0.103. The molecular weight excluding hydrogens is 167 g/mol. The van der Waals surface area contributed by atoms with Crippen molar-refractivity contribution in [2.45, 2.75) is 0 Å². The van der Waals surface area contributed by atoms with Gasteiger partial charge < -0.3 is 12.8 Å². The van der Waals surface area contributed by atoms with E-state index >= 15 is 0 Å². The van der Waals surface area contributed by atoms with Crippen molar-refractivity contribution in [2.75, 3.05) is 0 Å². The van der Waals surface area contributed by atoms with E-state index in [0.717, 1.165) is 0 Å². The molecule has 0 nitrogen and oxygen atoms in total. The summed E-state index contributed by atoms with van der Waals surface area (Å²) >= 11 is 0. The van der Waals surface area contributed by atoms with E-state index in [9.17, 15) is 0 Å². The Morgan fingerprint density at radius 3 is 1.50 bits per heavy atom. The van der Waals surface area contributed by atoms with Crippen LogP contribution < -0.4 is 18.9 Å². The maximum Gasteiger partial charge on any atom is 1.00 e. The molecule has 1 aromatic rings. The van der Waals surface area contributed by atoms with Crippen LogP contribution in [0.4, 0.5) is 0 Å². The molecule has 0 N–H and O–H groups in total. The van der Waals surface area contributed by atoms with Gasteiger partial charge in [0.2, 0.25) is 0 Å². The van der Waals surface area contributed by atoms with Crippen molar-refractivity contribution in [3.05, 3.63) is 42.8 Å². The molecule has 0 fully saturated rings. The van der Waals surface area contributed by atoms with Crippen LogP contribution in [0.1, 0.15) is 0 Å². The molecule has 0 aliphatic carbocycles. The van der Waals surface area contributed by atoms with Gasteiger partial charge in [0.1, 0.15) is 0 Å². The molecule has 0 saturated carbocycles. The first kappa shape index (κ1) is 16.5. The molecule has 1 rings (SSSR count). The molecule has 0 atom stereocenters. The van der Waals surface area contributed by atoms with Crippen LogP contribution in [0.5, 0.6) is 0 Å².